The van der Waals surface area contributed by atoms with Crippen LogP contribution in [0.25, 0.3) is 0 Å². The summed E-state index contributed by atoms with van der Waals surface area (Å²) in [5.74, 6) is -1.12. The average Bonchev–Trinajstić information content (AvgIpc) is 1.88. The van der Waals surface area contributed by atoms with Crippen molar-refractivity contribution in [2.45, 2.75) is 6.04 Å². The van der Waals surface area contributed by atoms with Gasteiger partial charge in [0.25, 0.3) is 0 Å². The zero-order valence-corrected chi connectivity index (χ0v) is 5.57. The Labute approximate surface area is 58.4 Å². The number of carbonyl (C=O) groups is 1. The summed E-state index contributed by atoms with van der Waals surface area (Å²) in [6.45, 7) is -0.0962. The highest BCUT2D eigenvalue weighted by Gasteiger charge is 2.19. The maximum Gasteiger partial charge on any atom is 0.327 e. The molecule has 0 fully saturated rings. The van der Waals surface area contributed by atoms with Crippen molar-refractivity contribution in [1.29, 1.82) is 0 Å². The van der Waals surface area contributed by atoms with Gasteiger partial charge in [0.1, 0.15) is 6.04 Å². The molecule has 5 heteroatoms. The summed E-state index contributed by atoms with van der Waals surface area (Å²) in [5.41, 5.74) is 5.05. The molecule has 3 N–H and O–H groups in total. The predicted molar refractivity (Wildman–Crippen MR) is 33.9 cm³/mol. The molecule has 0 aliphatic carbocycles. The zero-order valence-electron chi connectivity index (χ0n) is 5.57. The van der Waals surface area contributed by atoms with E-state index in [0.29, 0.717) is 0 Å². The van der Waals surface area contributed by atoms with Gasteiger partial charge in [0, 0.05) is 13.6 Å². The highest BCUT2D eigenvalue weighted by molar-refractivity contribution is 5.76. The number of nitrogens with two attached hydrogens (primary N) is 1. The van der Waals surface area contributed by atoms with Crippen LogP contribution in [0.4, 0.5) is 0 Å². The quantitative estimate of drug-likeness (QED) is 0.466. The Morgan fingerprint density at radius 2 is 2.40 bits per heavy atom. The average molecular weight is 145 g/mol. The smallest absolute Gasteiger partial charge is 0.327 e. The number of aliphatic carboxylic acids is 1. The number of carbonyl (C=O) groups excluding carboxylic acids is 1. The Kier molecular flexibility index (Phi) is 3.42. The fourth-order valence-corrected chi connectivity index (χ4v) is 0.488. The van der Waals surface area contributed by atoms with Crippen molar-refractivity contribution in [2.75, 3.05) is 13.6 Å². The van der Waals surface area contributed by atoms with E-state index >= 15 is 0 Å². The molecule has 0 aliphatic rings. The predicted octanol–water partition coefficient (Wildman–Crippen LogP) is -1.60. The molecule has 57 valence electrons. The van der Waals surface area contributed by atoms with Gasteiger partial charge in [-0.3, -0.25) is 4.79 Å². The van der Waals surface area contributed by atoms with Gasteiger partial charge in [0.05, 0.1) is 0 Å². The lowest BCUT2D eigenvalue weighted by Crippen LogP contribution is -2.43. The SMILES string of the molecule is CN([C]=O)C(CN)C(=O)O. The van der Waals surface area contributed by atoms with Gasteiger partial charge in [-0.2, -0.15) is 0 Å². The van der Waals surface area contributed by atoms with E-state index in [1.807, 2.05) is 0 Å². The number of carboxylic acids is 1. The minimum absolute atomic E-state index is 0.0962. The molecule has 0 bridgehead atoms. The summed E-state index contributed by atoms with van der Waals surface area (Å²) in [7, 11) is 1.32. The van der Waals surface area contributed by atoms with Gasteiger partial charge in [-0.25, -0.2) is 4.79 Å². The van der Waals surface area contributed by atoms with E-state index in [-0.39, 0.29) is 6.54 Å². The Morgan fingerprint density at radius 1 is 1.90 bits per heavy atom. The molecular formula is C5H9N2O3. The number of likely N-dealkylation sites (N-methyl/N-ethyl adjacent to an activating group) is 1. The molecule has 0 aromatic heterocycles. The van der Waals surface area contributed by atoms with Gasteiger partial charge in [0.2, 0.25) is 0 Å². The third-order valence-electron chi connectivity index (χ3n) is 1.12. The first-order valence-electron chi connectivity index (χ1n) is 2.67. The molecule has 1 atom stereocenters. The lowest BCUT2D eigenvalue weighted by Gasteiger charge is -2.16. The van der Waals surface area contributed by atoms with Crippen molar-refractivity contribution in [3.05, 3.63) is 0 Å². The summed E-state index contributed by atoms with van der Waals surface area (Å²) in [4.78, 5) is 21.0. The molecule has 5 nitrogen and oxygen atoms in total. The van der Waals surface area contributed by atoms with Crippen LogP contribution >= 0.6 is 0 Å². The minimum Gasteiger partial charge on any atom is -0.480 e. The summed E-state index contributed by atoms with van der Waals surface area (Å²) in [5, 5.41) is 8.37. The lowest BCUT2D eigenvalue weighted by atomic mass is 10.3. The van der Waals surface area contributed by atoms with Gasteiger partial charge in [-0.05, 0) is 0 Å². The molecule has 0 aromatic rings. The summed E-state index contributed by atoms with van der Waals surface area (Å²) < 4.78 is 0. The largest absolute Gasteiger partial charge is 0.480 e. The molecule has 1 amide bonds. The highest BCUT2D eigenvalue weighted by atomic mass is 16.4. The number of amides is 1. The third kappa shape index (κ3) is 2.02. The zero-order chi connectivity index (χ0) is 8.15. The van der Waals surface area contributed by atoms with Crippen molar-refractivity contribution in [1.82, 2.24) is 4.90 Å². The molecule has 0 aliphatic heterocycles. The number of hydrogen-bond acceptors (Lipinski definition) is 3. The number of nitrogens with zero attached hydrogens (tertiary/aromatic N) is 1. The fraction of sp³-hybridized carbons (Fsp3) is 0.600. The van der Waals surface area contributed by atoms with Crippen molar-refractivity contribution >= 4 is 12.4 Å². The lowest BCUT2D eigenvalue weighted by molar-refractivity contribution is -0.141. The molecule has 0 rings (SSSR count). The van der Waals surface area contributed by atoms with E-state index in [4.69, 9.17) is 10.8 Å². The van der Waals surface area contributed by atoms with Crippen LogP contribution in [0.3, 0.4) is 0 Å². The summed E-state index contributed by atoms with van der Waals surface area (Å²) in [6.07, 6.45) is 1.42. The highest BCUT2D eigenvalue weighted by Crippen LogP contribution is 1.89. The van der Waals surface area contributed by atoms with E-state index in [2.05, 4.69) is 0 Å². The van der Waals surface area contributed by atoms with E-state index in [1.165, 1.54) is 13.5 Å². The van der Waals surface area contributed by atoms with Crippen LogP contribution in [-0.4, -0.2) is 42.0 Å². The molecule has 1 radical (unpaired) electrons. The maximum atomic E-state index is 10.2. The summed E-state index contributed by atoms with van der Waals surface area (Å²) in [6, 6.07) is -0.961. The molecular weight excluding hydrogens is 136 g/mol. The monoisotopic (exact) mass is 145 g/mol. The van der Waals surface area contributed by atoms with Crippen molar-refractivity contribution in [3.8, 4) is 0 Å². The number of hydrogen-bond donors (Lipinski definition) is 2. The first kappa shape index (κ1) is 8.90. The Hall–Kier alpha value is -1.10. The molecule has 1 unspecified atom stereocenters. The first-order valence-corrected chi connectivity index (χ1v) is 2.67. The van der Waals surface area contributed by atoms with E-state index < -0.39 is 12.0 Å². The Morgan fingerprint density at radius 3 is 2.50 bits per heavy atom. The van der Waals surface area contributed by atoms with Gasteiger partial charge in [-0.15, -0.1) is 0 Å². The molecule has 0 heterocycles. The number of rotatable bonds is 4. The van der Waals surface area contributed by atoms with Crippen LogP contribution in [0, 0.1) is 0 Å². The standard InChI is InChI=1S/C5H9N2O3/c1-7(3-8)4(2-6)5(9)10/h4H,2,6H2,1H3,(H,9,10). The minimum atomic E-state index is -1.12. The Bertz CT molecular complexity index is 137. The van der Waals surface area contributed by atoms with E-state index in [0.717, 1.165) is 4.90 Å². The molecule has 0 aromatic carbocycles. The maximum absolute atomic E-state index is 10.2. The molecule has 0 spiro atoms. The van der Waals surface area contributed by atoms with Crippen LogP contribution in [-0.2, 0) is 9.59 Å². The topological polar surface area (TPSA) is 83.6 Å². The second-order valence-corrected chi connectivity index (χ2v) is 1.79. The Balaban J connectivity index is 4.05. The van der Waals surface area contributed by atoms with Gasteiger partial charge in [-0.1, -0.05) is 0 Å². The van der Waals surface area contributed by atoms with Crippen molar-refractivity contribution in [2.24, 2.45) is 5.73 Å². The van der Waals surface area contributed by atoms with Gasteiger partial charge >= 0.3 is 12.4 Å². The normalized spacial score (nSPS) is 12.2. The number of carboxylic acid groups (broad SMARTS) is 1. The molecule has 0 saturated heterocycles. The van der Waals surface area contributed by atoms with Crippen molar-refractivity contribution < 1.29 is 14.7 Å². The van der Waals surface area contributed by atoms with Crippen LogP contribution in [0.2, 0.25) is 0 Å². The van der Waals surface area contributed by atoms with Gasteiger partial charge in [0.15, 0.2) is 0 Å². The molecule has 10 heavy (non-hydrogen) atoms. The van der Waals surface area contributed by atoms with Crippen LogP contribution in [0.1, 0.15) is 0 Å². The first-order chi connectivity index (χ1) is 4.63. The second kappa shape index (κ2) is 3.84. The van der Waals surface area contributed by atoms with Crippen LogP contribution < -0.4 is 5.73 Å². The fourth-order valence-electron chi connectivity index (χ4n) is 0.488. The van der Waals surface area contributed by atoms with Crippen LogP contribution in [0.5, 0.6) is 0 Å². The second-order valence-electron chi connectivity index (χ2n) is 1.79. The summed E-state index contributed by atoms with van der Waals surface area (Å²) >= 11 is 0. The van der Waals surface area contributed by atoms with E-state index in [9.17, 15) is 9.59 Å². The third-order valence-corrected chi connectivity index (χ3v) is 1.12. The van der Waals surface area contributed by atoms with E-state index in [1.54, 1.807) is 0 Å². The van der Waals surface area contributed by atoms with Gasteiger partial charge < -0.3 is 15.7 Å². The molecule has 0 saturated carbocycles. The van der Waals surface area contributed by atoms with Crippen molar-refractivity contribution in [3.63, 3.8) is 0 Å². The van der Waals surface area contributed by atoms with Crippen LogP contribution in [0.15, 0.2) is 0 Å².